The fourth-order valence-electron chi connectivity index (χ4n) is 4.02. The monoisotopic (exact) mass is 555 g/mol. The van der Waals surface area contributed by atoms with Crippen LogP contribution in [0.15, 0.2) is 102 Å². The second kappa shape index (κ2) is 12.0. The molecule has 0 aliphatic rings. The quantitative estimate of drug-likeness (QED) is 0.158. The molecular formula is C31H23Cl2N3O3. The Bertz CT molecular complexity index is 1670. The number of nitrogens with zero attached hydrogens (tertiary/aromatic N) is 2. The van der Waals surface area contributed by atoms with Gasteiger partial charge >= 0.3 is 0 Å². The molecule has 0 fully saturated rings. The molecule has 1 aromatic heterocycles. The summed E-state index contributed by atoms with van der Waals surface area (Å²) in [6, 6.07) is 29.6. The maximum Gasteiger partial charge on any atom is 0.272 e. The summed E-state index contributed by atoms with van der Waals surface area (Å²) in [6.07, 6.45) is 1.54. The van der Waals surface area contributed by atoms with Gasteiger partial charge in [-0.1, -0.05) is 77.8 Å². The summed E-state index contributed by atoms with van der Waals surface area (Å²) >= 11 is 12.2. The second-order valence-corrected chi connectivity index (χ2v) is 9.42. The highest BCUT2D eigenvalue weighted by atomic mass is 35.5. The molecule has 5 aromatic rings. The number of fused-ring (bicyclic) bond motifs is 1. The molecule has 194 valence electrons. The maximum atomic E-state index is 13.2. The Labute approximate surface area is 235 Å². The molecule has 0 spiro atoms. The van der Waals surface area contributed by atoms with Crippen LogP contribution < -0.4 is 14.9 Å². The molecule has 4 aromatic carbocycles. The molecule has 8 heteroatoms. The number of benzene rings is 4. The van der Waals surface area contributed by atoms with Crippen molar-refractivity contribution in [2.45, 2.75) is 6.61 Å². The minimum atomic E-state index is -0.339. The zero-order valence-electron chi connectivity index (χ0n) is 20.9. The number of halogens is 2. The van der Waals surface area contributed by atoms with E-state index in [1.54, 1.807) is 43.7 Å². The summed E-state index contributed by atoms with van der Waals surface area (Å²) in [5, 5.41) is 6.01. The summed E-state index contributed by atoms with van der Waals surface area (Å²) < 4.78 is 11.4. The van der Waals surface area contributed by atoms with Gasteiger partial charge in [0.15, 0.2) is 11.5 Å². The number of pyridine rings is 1. The van der Waals surface area contributed by atoms with Gasteiger partial charge in [-0.05, 0) is 48.0 Å². The number of carbonyl (C=O) groups is 1. The third-order valence-electron chi connectivity index (χ3n) is 6.00. The van der Waals surface area contributed by atoms with Gasteiger partial charge in [-0.3, -0.25) is 4.79 Å². The molecule has 0 radical (unpaired) electrons. The van der Waals surface area contributed by atoms with Gasteiger partial charge in [-0.2, -0.15) is 5.10 Å². The van der Waals surface area contributed by atoms with Gasteiger partial charge in [0.1, 0.15) is 6.61 Å². The Kier molecular flexibility index (Phi) is 8.06. The van der Waals surface area contributed by atoms with Crippen molar-refractivity contribution >= 4 is 46.2 Å². The van der Waals surface area contributed by atoms with E-state index in [4.69, 9.17) is 37.7 Å². The smallest absolute Gasteiger partial charge is 0.272 e. The second-order valence-electron chi connectivity index (χ2n) is 8.57. The molecule has 0 atom stereocenters. The Morgan fingerprint density at radius 1 is 0.923 bits per heavy atom. The lowest BCUT2D eigenvalue weighted by Crippen LogP contribution is -2.18. The van der Waals surface area contributed by atoms with Crippen molar-refractivity contribution in [1.29, 1.82) is 0 Å². The van der Waals surface area contributed by atoms with Crippen molar-refractivity contribution in [2.24, 2.45) is 5.10 Å². The number of amides is 1. The predicted octanol–water partition coefficient (Wildman–Crippen LogP) is 7.56. The van der Waals surface area contributed by atoms with Crippen LogP contribution in [0, 0.1) is 0 Å². The minimum Gasteiger partial charge on any atom is -0.493 e. The fraction of sp³-hybridized carbons (Fsp3) is 0.0645. The number of aromatic nitrogens is 1. The van der Waals surface area contributed by atoms with E-state index in [2.05, 4.69) is 10.5 Å². The highest BCUT2D eigenvalue weighted by Crippen LogP contribution is 2.30. The number of carbonyl (C=O) groups excluding carboxylic acids is 1. The molecular weight excluding hydrogens is 533 g/mol. The third kappa shape index (κ3) is 6.20. The van der Waals surface area contributed by atoms with Crippen LogP contribution in [-0.4, -0.2) is 24.2 Å². The van der Waals surface area contributed by atoms with Crippen LogP contribution in [0.2, 0.25) is 10.0 Å². The molecule has 1 N–H and O–H groups in total. The molecule has 0 unspecified atom stereocenters. The van der Waals surface area contributed by atoms with Gasteiger partial charge in [-0.25, -0.2) is 10.4 Å². The SMILES string of the molecule is COc1cc(/C=N/NC(=O)c2cc(-c3ccccc3)nc3ccccc23)ccc1OCc1ccc(Cl)cc1Cl. The fourth-order valence-corrected chi connectivity index (χ4v) is 4.49. The van der Waals surface area contributed by atoms with Crippen LogP contribution in [-0.2, 0) is 6.61 Å². The number of hydrogen-bond acceptors (Lipinski definition) is 5. The topological polar surface area (TPSA) is 72.8 Å². The number of hydrazone groups is 1. The van der Waals surface area contributed by atoms with Crippen molar-refractivity contribution in [3.8, 4) is 22.8 Å². The molecule has 0 aliphatic carbocycles. The Hall–Kier alpha value is -4.39. The number of rotatable bonds is 8. The van der Waals surface area contributed by atoms with Crippen molar-refractivity contribution in [3.63, 3.8) is 0 Å². The molecule has 1 amide bonds. The van der Waals surface area contributed by atoms with Crippen molar-refractivity contribution in [3.05, 3.63) is 124 Å². The van der Waals surface area contributed by atoms with E-state index in [-0.39, 0.29) is 12.5 Å². The summed E-state index contributed by atoms with van der Waals surface area (Å²) in [7, 11) is 1.55. The molecule has 0 bridgehead atoms. The highest BCUT2D eigenvalue weighted by molar-refractivity contribution is 6.35. The van der Waals surface area contributed by atoms with Gasteiger partial charge in [-0.15, -0.1) is 0 Å². The van der Waals surface area contributed by atoms with E-state index < -0.39 is 0 Å². The first kappa shape index (κ1) is 26.2. The van der Waals surface area contributed by atoms with Crippen molar-refractivity contribution in [1.82, 2.24) is 10.4 Å². The average Bonchev–Trinajstić information content (AvgIpc) is 2.97. The number of ether oxygens (including phenoxy) is 2. The van der Waals surface area contributed by atoms with Crippen LogP contribution >= 0.6 is 23.2 Å². The van der Waals surface area contributed by atoms with Crippen molar-refractivity contribution < 1.29 is 14.3 Å². The van der Waals surface area contributed by atoms with Gasteiger partial charge in [0.05, 0.1) is 30.1 Å². The van der Waals surface area contributed by atoms with E-state index in [0.717, 1.165) is 22.0 Å². The van der Waals surface area contributed by atoms with Crippen LogP contribution in [0.4, 0.5) is 0 Å². The lowest BCUT2D eigenvalue weighted by molar-refractivity contribution is 0.0956. The normalized spacial score (nSPS) is 11.1. The van der Waals surface area contributed by atoms with Gasteiger partial charge < -0.3 is 9.47 Å². The molecule has 39 heavy (non-hydrogen) atoms. The van der Waals surface area contributed by atoms with Crippen LogP contribution in [0.25, 0.3) is 22.2 Å². The molecule has 5 rings (SSSR count). The number of methoxy groups -OCH3 is 1. The Balaban J connectivity index is 1.32. The zero-order valence-corrected chi connectivity index (χ0v) is 22.4. The average molecular weight is 556 g/mol. The first-order valence-corrected chi connectivity index (χ1v) is 12.8. The molecule has 6 nitrogen and oxygen atoms in total. The van der Waals surface area contributed by atoms with Crippen LogP contribution in [0.5, 0.6) is 11.5 Å². The zero-order chi connectivity index (χ0) is 27.2. The summed E-state index contributed by atoms with van der Waals surface area (Å²) in [5.41, 5.74) is 7.00. The summed E-state index contributed by atoms with van der Waals surface area (Å²) in [4.78, 5) is 17.9. The van der Waals surface area contributed by atoms with E-state index in [0.29, 0.717) is 38.4 Å². The van der Waals surface area contributed by atoms with Crippen LogP contribution in [0.3, 0.4) is 0 Å². The molecule has 0 saturated carbocycles. The Morgan fingerprint density at radius 3 is 2.51 bits per heavy atom. The third-order valence-corrected chi connectivity index (χ3v) is 6.58. The standard InChI is InChI=1S/C31H23Cl2N3O3/c1-38-30-15-20(11-14-29(30)39-19-22-12-13-23(32)16-26(22)33)18-34-36-31(37)25-17-28(21-7-3-2-4-8-21)35-27-10-6-5-9-24(25)27/h2-18H,19H2,1H3,(H,36,37)/b34-18+. The van der Waals surface area contributed by atoms with E-state index >= 15 is 0 Å². The lowest BCUT2D eigenvalue weighted by atomic mass is 10.0. The van der Waals surface area contributed by atoms with Crippen molar-refractivity contribution in [2.75, 3.05) is 7.11 Å². The molecule has 0 saturated heterocycles. The first-order chi connectivity index (χ1) is 19.0. The minimum absolute atomic E-state index is 0.251. The first-order valence-electron chi connectivity index (χ1n) is 12.0. The van der Waals surface area contributed by atoms with Gasteiger partial charge in [0.25, 0.3) is 5.91 Å². The highest BCUT2D eigenvalue weighted by Gasteiger charge is 2.14. The lowest BCUT2D eigenvalue weighted by Gasteiger charge is -2.12. The predicted molar refractivity (Wildman–Crippen MR) is 156 cm³/mol. The molecule has 1 heterocycles. The largest absolute Gasteiger partial charge is 0.493 e. The van der Waals surface area contributed by atoms with E-state index in [1.807, 2.05) is 66.7 Å². The Morgan fingerprint density at radius 2 is 1.72 bits per heavy atom. The van der Waals surface area contributed by atoms with Gasteiger partial charge in [0, 0.05) is 26.6 Å². The van der Waals surface area contributed by atoms with Gasteiger partial charge in [0.2, 0.25) is 0 Å². The summed E-state index contributed by atoms with van der Waals surface area (Å²) in [6.45, 7) is 0.251. The molecule has 0 aliphatic heterocycles. The van der Waals surface area contributed by atoms with E-state index in [9.17, 15) is 4.79 Å². The number of hydrogen-bond donors (Lipinski definition) is 1. The van der Waals surface area contributed by atoms with E-state index in [1.165, 1.54) is 0 Å². The maximum absolute atomic E-state index is 13.2. The summed E-state index contributed by atoms with van der Waals surface area (Å²) in [5.74, 6) is 0.721. The number of nitrogens with one attached hydrogen (secondary N) is 1. The number of para-hydroxylation sites is 1. The van der Waals surface area contributed by atoms with Crippen LogP contribution in [0.1, 0.15) is 21.5 Å².